The number of unbranched alkanes of at least 4 members (excludes halogenated alkanes) is 36. The van der Waals surface area contributed by atoms with Crippen LogP contribution in [0.1, 0.15) is 307 Å². The molecular formula is C66H112N2O2. The molecule has 0 fully saturated rings. The van der Waals surface area contributed by atoms with E-state index >= 15 is 0 Å². The zero-order chi connectivity index (χ0) is 49.6. The molecule has 0 saturated heterocycles. The summed E-state index contributed by atoms with van der Waals surface area (Å²) in [5, 5.41) is 0. The number of benzene rings is 1. The zero-order valence-corrected chi connectivity index (χ0v) is 46.8. The molecule has 0 N–H and O–H groups in total. The summed E-state index contributed by atoms with van der Waals surface area (Å²) in [5.74, 6) is 1.93. The van der Waals surface area contributed by atoms with Crippen molar-refractivity contribution in [2.24, 2.45) is 0 Å². The number of aryl methyl sites for hydroxylation is 2. The number of aromatic nitrogens is 2. The summed E-state index contributed by atoms with van der Waals surface area (Å²) in [7, 11) is 0. The highest BCUT2D eigenvalue weighted by Gasteiger charge is 2.12. The molecule has 0 saturated carbocycles. The Morgan fingerprint density at radius 1 is 0.314 bits per heavy atom. The van der Waals surface area contributed by atoms with Gasteiger partial charge >= 0.3 is 0 Å². The quantitative estimate of drug-likeness (QED) is 0.0528. The molecule has 4 nitrogen and oxygen atoms in total. The van der Waals surface area contributed by atoms with E-state index in [1.165, 1.54) is 255 Å². The van der Waals surface area contributed by atoms with Gasteiger partial charge < -0.3 is 18.6 Å². The highest BCUT2D eigenvalue weighted by atomic mass is 16.5. The van der Waals surface area contributed by atoms with Gasteiger partial charge in [-0.15, -0.1) is 0 Å². The first-order chi connectivity index (χ1) is 34.7. The molecule has 2 heterocycles. The lowest BCUT2D eigenvalue weighted by Crippen LogP contribution is -2.03. The Labute approximate surface area is 434 Å². The van der Waals surface area contributed by atoms with Crippen molar-refractivity contribution >= 4 is 24.3 Å². The normalized spacial score (nSPS) is 11.8. The van der Waals surface area contributed by atoms with Crippen molar-refractivity contribution in [1.82, 2.24) is 9.13 Å². The van der Waals surface area contributed by atoms with Crippen LogP contribution in [0.15, 0.2) is 48.8 Å². The van der Waals surface area contributed by atoms with Crippen LogP contribution in [0.3, 0.4) is 0 Å². The molecule has 3 rings (SSSR count). The molecular weight excluding hydrogens is 853 g/mol. The fourth-order valence-corrected chi connectivity index (χ4v) is 10.1. The van der Waals surface area contributed by atoms with E-state index in [1.807, 2.05) is 0 Å². The largest absolute Gasteiger partial charge is 0.493 e. The van der Waals surface area contributed by atoms with Crippen molar-refractivity contribution < 1.29 is 9.47 Å². The predicted molar refractivity (Wildman–Crippen MR) is 312 cm³/mol. The van der Waals surface area contributed by atoms with Crippen LogP contribution in [0.5, 0.6) is 11.5 Å². The number of ether oxygens (including phenoxy) is 2. The molecule has 0 aliphatic carbocycles. The van der Waals surface area contributed by atoms with Gasteiger partial charge in [-0.05, 0) is 86.4 Å². The smallest absolute Gasteiger partial charge is 0.127 e. The maximum Gasteiger partial charge on any atom is 0.127 e. The summed E-state index contributed by atoms with van der Waals surface area (Å²) >= 11 is 0. The van der Waals surface area contributed by atoms with E-state index in [4.69, 9.17) is 9.47 Å². The van der Waals surface area contributed by atoms with E-state index in [1.54, 1.807) is 0 Å². The van der Waals surface area contributed by atoms with Crippen LogP contribution in [-0.2, 0) is 13.1 Å². The Morgan fingerprint density at radius 2 is 0.571 bits per heavy atom. The molecule has 3 aromatic rings. The van der Waals surface area contributed by atoms with Gasteiger partial charge in [-0.2, -0.15) is 0 Å². The first-order valence-corrected chi connectivity index (χ1v) is 30.8. The average Bonchev–Trinajstić information content (AvgIpc) is 4.04. The van der Waals surface area contributed by atoms with Gasteiger partial charge in [-0.1, -0.05) is 259 Å². The topological polar surface area (TPSA) is 28.3 Å². The Kier molecular flexibility index (Phi) is 38.9. The highest BCUT2D eigenvalue weighted by molar-refractivity contribution is 5.78. The third-order valence-electron chi connectivity index (χ3n) is 14.8. The van der Waals surface area contributed by atoms with Gasteiger partial charge in [0.05, 0.1) is 13.2 Å². The van der Waals surface area contributed by atoms with Crippen LogP contribution in [0.25, 0.3) is 24.3 Å². The Bertz CT molecular complexity index is 1540. The van der Waals surface area contributed by atoms with E-state index in [0.29, 0.717) is 0 Å². The van der Waals surface area contributed by atoms with Crippen LogP contribution < -0.4 is 9.47 Å². The summed E-state index contributed by atoms with van der Waals surface area (Å²) in [6.07, 6.45) is 67.5. The maximum atomic E-state index is 6.78. The van der Waals surface area contributed by atoms with Gasteiger partial charge in [0.1, 0.15) is 11.5 Å². The molecule has 0 spiro atoms. The lowest BCUT2D eigenvalue weighted by molar-refractivity contribution is 0.295. The van der Waals surface area contributed by atoms with Crippen LogP contribution in [0.2, 0.25) is 0 Å². The van der Waals surface area contributed by atoms with Crippen LogP contribution in [-0.4, -0.2) is 22.3 Å². The van der Waals surface area contributed by atoms with Crippen molar-refractivity contribution in [2.45, 2.75) is 298 Å². The molecule has 0 aliphatic heterocycles. The number of hydrogen-bond acceptors (Lipinski definition) is 2. The number of nitrogens with zero attached hydrogens (tertiary/aromatic N) is 2. The third kappa shape index (κ3) is 30.7. The first-order valence-electron chi connectivity index (χ1n) is 30.8. The van der Waals surface area contributed by atoms with E-state index in [2.05, 4.69) is 110 Å². The van der Waals surface area contributed by atoms with E-state index in [-0.39, 0.29) is 0 Å². The fraction of sp³-hybridized carbons (Fsp3) is 0.727. The average molecular weight is 966 g/mol. The molecule has 398 valence electrons. The standard InChI is InChI=1S/C66H112N2O2/c1-5-9-13-17-21-25-29-33-37-41-53-67-55-45-47-63(67)51-49-61-59-66(70-58-44-40-36-32-28-24-20-16-12-8-4)62(60-65(61)69-57-43-39-35-31-27-23-19-15-11-7-3)50-52-64-48-46-56-68(64)54-42-38-34-30-26-22-18-14-10-6-2/h45-52,55-56,59-60H,5-44,53-54,57-58H2,1-4H3/b51-49+,52-50+. The Balaban J connectivity index is 1.73. The molecule has 0 radical (unpaired) electrons. The second kappa shape index (κ2) is 44.6. The van der Waals surface area contributed by atoms with Gasteiger partial charge in [-0.25, -0.2) is 0 Å². The minimum Gasteiger partial charge on any atom is -0.493 e. The summed E-state index contributed by atoms with van der Waals surface area (Å²) in [6.45, 7) is 12.9. The van der Waals surface area contributed by atoms with Crippen molar-refractivity contribution in [1.29, 1.82) is 0 Å². The Morgan fingerprint density at radius 3 is 0.857 bits per heavy atom. The summed E-state index contributed by atoms with van der Waals surface area (Å²) in [4.78, 5) is 0. The molecule has 1 aromatic carbocycles. The van der Waals surface area contributed by atoms with Crippen LogP contribution >= 0.6 is 0 Å². The Hall–Kier alpha value is -3.14. The number of hydrogen-bond donors (Lipinski definition) is 0. The molecule has 0 amide bonds. The maximum absolute atomic E-state index is 6.78. The van der Waals surface area contributed by atoms with Gasteiger partial charge in [-0.3, -0.25) is 0 Å². The molecule has 70 heavy (non-hydrogen) atoms. The van der Waals surface area contributed by atoms with Crippen LogP contribution in [0, 0.1) is 0 Å². The second-order valence-electron chi connectivity index (χ2n) is 21.3. The molecule has 0 unspecified atom stereocenters. The summed E-state index contributed by atoms with van der Waals surface area (Å²) in [6, 6.07) is 13.5. The first kappa shape index (κ1) is 61.2. The summed E-state index contributed by atoms with van der Waals surface area (Å²) in [5.41, 5.74) is 4.74. The van der Waals surface area contributed by atoms with Crippen molar-refractivity contribution in [3.63, 3.8) is 0 Å². The highest BCUT2D eigenvalue weighted by Crippen LogP contribution is 2.33. The van der Waals surface area contributed by atoms with Gasteiger partial charge in [0.2, 0.25) is 0 Å². The molecule has 0 bridgehead atoms. The monoisotopic (exact) mass is 965 g/mol. The van der Waals surface area contributed by atoms with E-state index in [9.17, 15) is 0 Å². The minimum absolute atomic E-state index is 0.746. The second-order valence-corrected chi connectivity index (χ2v) is 21.3. The van der Waals surface area contributed by atoms with E-state index in [0.717, 1.165) is 61.8 Å². The van der Waals surface area contributed by atoms with Crippen molar-refractivity contribution in [3.8, 4) is 11.5 Å². The lowest BCUT2D eigenvalue weighted by atomic mass is 10.1. The van der Waals surface area contributed by atoms with Gasteiger partial charge in [0.15, 0.2) is 0 Å². The van der Waals surface area contributed by atoms with Crippen molar-refractivity contribution in [2.75, 3.05) is 13.2 Å². The minimum atomic E-state index is 0.746. The molecule has 2 aromatic heterocycles. The molecule has 0 atom stereocenters. The van der Waals surface area contributed by atoms with Crippen LogP contribution in [0.4, 0.5) is 0 Å². The third-order valence-corrected chi connectivity index (χ3v) is 14.8. The fourth-order valence-electron chi connectivity index (χ4n) is 10.1. The molecule has 4 heteroatoms. The van der Waals surface area contributed by atoms with Crippen molar-refractivity contribution in [3.05, 3.63) is 71.3 Å². The van der Waals surface area contributed by atoms with Gasteiger partial charge in [0.25, 0.3) is 0 Å². The van der Waals surface area contributed by atoms with Gasteiger partial charge in [0, 0.05) is 48.0 Å². The predicted octanol–water partition coefficient (Wildman–Crippen LogP) is 22.1. The molecule has 0 aliphatic rings. The lowest BCUT2D eigenvalue weighted by Gasteiger charge is -2.16. The summed E-state index contributed by atoms with van der Waals surface area (Å²) < 4.78 is 18.4. The SMILES string of the molecule is CCCCCCCCCCCCOc1cc(/C=C/c2cccn2CCCCCCCCCCCC)c(OCCCCCCCCCCCC)cc1/C=C/c1cccn1CCCCCCCCCCCC. The zero-order valence-electron chi connectivity index (χ0n) is 46.8. The van der Waals surface area contributed by atoms with E-state index < -0.39 is 0 Å². The number of rotatable bonds is 50.